The third kappa shape index (κ3) is 3.54. The lowest BCUT2D eigenvalue weighted by molar-refractivity contribution is 0.379. The molecule has 1 aliphatic rings. The van der Waals surface area contributed by atoms with Crippen LogP contribution in [0.3, 0.4) is 0 Å². The Kier molecular flexibility index (Phi) is 4.11. The van der Waals surface area contributed by atoms with Crippen LogP contribution in [0.1, 0.15) is 6.42 Å². The van der Waals surface area contributed by atoms with E-state index in [4.69, 9.17) is 16.3 Å². The fraction of sp³-hybridized carbons (Fsp3) is 0.500. The average molecular weight is 256 g/mol. The fourth-order valence-corrected chi connectivity index (χ4v) is 1.68. The minimum Gasteiger partial charge on any atom is -0.467 e. The van der Waals surface area contributed by atoms with Crippen molar-refractivity contribution in [2.75, 3.05) is 32.1 Å². The highest BCUT2D eigenvalue weighted by molar-refractivity contribution is 6.28. The quantitative estimate of drug-likeness (QED) is 0.778. The summed E-state index contributed by atoms with van der Waals surface area (Å²) in [5.41, 5.74) is 1.33. The predicted molar refractivity (Wildman–Crippen MR) is 65.4 cm³/mol. The Labute approximate surface area is 104 Å². The van der Waals surface area contributed by atoms with Crippen LogP contribution in [0.5, 0.6) is 6.01 Å². The molecule has 7 heteroatoms. The first-order chi connectivity index (χ1) is 8.28. The molecule has 0 aromatic carbocycles. The molecule has 0 bridgehead atoms. The maximum Gasteiger partial charge on any atom is 0.322 e. The van der Waals surface area contributed by atoms with Gasteiger partial charge in [-0.05, 0) is 24.6 Å². The molecule has 17 heavy (non-hydrogen) atoms. The molecule has 0 unspecified atom stereocenters. The maximum absolute atomic E-state index is 5.74. The zero-order chi connectivity index (χ0) is 12.1. The molecular formula is C10H14ClN5O. The standard InChI is InChI=1S/C10H14ClN5O/c1-17-10-15-8(11)14-9(16-10)13-6-7-2-4-12-5-3-7/h2,12H,3-6H2,1H3,(H,13,14,15,16). The molecule has 6 nitrogen and oxygen atoms in total. The van der Waals surface area contributed by atoms with E-state index >= 15 is 0 Å². The van der Waals surface area contributed by atoms with Gasteiger partial charge in [0.15, 0.2) is 0 Å². The van der Waals surface area contributed by atoms with Gasteiger partial charge in [0.05, 0.1) is 7.11 Å². The van der Waals surface area contributed by atoms with E-state index in [0.717, 1.165) is 19.5 Å². The summed E-state index contributed by atoms with van der Waals surface area (Å²) in [6.45, 7) is 2.64. The molecule has 0 fully saturated rings. The molecule has 1 aromatic rings. The number of ether oxygens (including phenoxy) is 1. The van der Waals surface area contributed by atoms with Crippen molar-refractivity contribution >= 4 is 17.5 Å². The Hall–Kier alpha value is -1.40. The number of aromatic nitrogens is 3. The highest BCUT2D eigenvalue weighted by atomic mass is 35.5. The molecular weight excluding hydrogens is 242 g/mol. The molecule has 0 radical (unpaired) electrons. The van der Waals surface area contributed by atoms with Gasteiger partial charge in [0.1, 0.15) is 0 Å². The summed E-state index contributed by atoms with van der Waals surface area (Å²) < 4.78 is 4.92. The van der Waals surface area contributed by atoms with E-state index in [1.165, 1.54) is 12.7 Å². The molecule has 0 atom stereocenters. The molecule has 2 rings (SSSR count). The number of nitrogens with one attached hydrogen (secondary N) is 2. The van der Waals surface area contributed by atoms with Crippen LogP contribution >= 0.6 is 11.6 Å². The van der Waals surface area contributed by atoms with Crippen molar-refractivity contribution < 1.29 is 4.74 Å². The fourth-order valence-electron chi connectivity index (χ4n) is 1.52. The third-order valence-electron chi connectivity index (χ3n) is 2.40. The lowest BCUT2D eigenvalue weighted by Crippen LogP contribution is -2.23. The van der Waals surface area contributed by atoms with Crippen LogP contribution in [0.25, 0.3) is 0 Å². The first kappa shape index (κ1) is 12.1. The van der Waals surface area contributed by atoms with E-state index in [0.29, 0.717) is 12.5 Å². The van der Waals surface area contributed by atoms with Crippen molar-refractivity contribution in [2.24, 2.45) is 0 Å². The van der Waals surface area contributed by atoms with Crippen molar-refractivity contribution in [3.05, 3.63) is 16.9 Å². The largest absolute Gasteiger partial charge is 0.467 e. The summed E-state index contributed by atoms with van der Waals surface area (Å²) in [6, 6.07) is 0.215. The van der Waals surface area contributed by atoms with Gasteiger partial charge in [0, 0.05) is 13.1 Å². The molecule has 0 amide bonds. The normalized spacial score (nSPS) is 15.3. The first-order valence-electron chi connectivity index (χ1n) is 5.36. The van der Waals surface area contributed by atoms with Gasteiger partial charge in [-0.25, -0.2) is 0 Å². The zero-order valence-corrected chi connectivity index (χ0v) is 10.3. The van der Waals surface area contributed by atoms with Gasteiger partial charge in [-0.1, -0.05) is 11.6 Å². The second-order valence-electron chi connectivity index (χ2n) is 3.58. The second kappa shape index (κ2) is 5.79. The Morgan fingerprint density at radius 3 is 3.06 bits per heavy atom. The van der Waals surface area contributed by atoms with E-state index in [-0.39, 0.29) is 11.3 Å². The van der Waals surface area contributed by atoms with Gasteiger partial charge in [0.2, 0.25) is 11.2 Å². The van der Waals surface area contributed by atoms with Crippen molar-refractivity contribution in [1.82, 2.24) is 20.3 Å². The number of methoxy groups -OCH3 is 1. The van der Waals surface area contributed by atoms with Gasteiger partial charge >= 0.3 is 6.01 Å². The lowest BCUT2D eigenvalue weighted by atomic mass is 10.1. The Morgan fingerprint density at radius 1 is 1.47 bits per heavy atom. The first-order valence-corrected chi connectivity index (χ1v) is 5.74. The second-order valence-corrected chi connectivity index (χ2v) is 3.92. The van der Waals surface area contributed by atoms with Crippen molar-refractivity contribution in [3.8, 4) is 6.01 Å². The van der Waals surface area contributed by atoms with Crippen LogP contribution in [-0.2, 0) is 0 Å². The summed E-state index contributed by atoms with van der Waals surface area (Å²) in [4.78, 5) is 11.8. The molecule has 0 saturated heterocycles. The number of hydrogen-bond donors (Lipinski definition) is 2. The van der Waals surface area contributed by atoms with Crippen LogP contribution < -0.4 is 15.4 Å². The van der Waals surface area contributed by atoms with Gasteiger partial charge in [-0.2, -0.15) is 15.0 Å². The maximum atomic E-state index is 5.74. The molecule has 2 N–H and O–H groups in total. The van der Waals surface area contributed by atoms with Crippen LogP contribution in [0.2, 0.25) is 5.28 Å². The van der Waals surface area contributed by atoms with Gasteiger partial charge in [-0.3, -0.25) is 0 Å². The third-order valence-corrected chi connectivity index (χ3v) is 2.57. The Balaban J connectivity index is 1.98. The number of anilines is 1. The lowest BCUT2D eigenvalue weighted by Gasteiger charge is -2.14. The molecule has 1 aromatic heterocycles. The van der Waals surface area contributed by atoms with Crippen LogP contribution in [-0.4, -0.2) is 41.7 Å². The van der Waals surface area contributed by atoms with Gasteiger partial charge < -0.3 is 15.4 Å². The van der Waals surface area contributed by atoms with E-state index < -0.39 is 0 Å². The van der Waals surface area contributed by atoms with Gasteiger partial charge in [0.25, 0.3) is 0 Å². The molecule has 0 aliphatic carbocycles. The highest BCUT2D eigenvalue weighted by Gasteiger charge is 2.06. The smallest absolute Gasteiger partial charge is 0.322 e. The minimum absolute atomic E-state index is 0.124. The summed E-state index contributed by atoms with van der Waals surface area (Å²) >= 11 is 5.74. The predicted octanol–water partition coefficient (Wildman–Crippen LogP) is 0.865. The zero-order valence-electron chi connectivity index (χ0n) is 9.53. The van der Waals surface area contributed by atoms with E-state index in [1.807, 2.05) is 0 Å². The number of hydrogen-bond acceptors (Lipinski definition) is 6. The highest BCUT2D eigenvalue weighted by Crippen LogP contribution is 2.12. The van der Waals surface area contributed by atoms with Crippen molar-refractivity contribution in [1.29, 1.82) is 0 Å². The topological polar surface area (TPSA) is 72.0 Å². The van der Waals surface area contributed by atoms with Crippen LogP contribution in [0, 0.1) is 0 Å². The van der Waals surface area contributed by atoms with Gasteiger partial charge in [-0.15, -0.1) is 0 Å². The SMILES string of the molecule is COc1nc(Cl)nc(NCC2=CCNCC2)n1. The number of nitrogens with zero attached hydrogens (tertiary/aromatic N) is 3. The Bertz CT molecular complexity index is 423. The number of rotatable bonds is 4. The molecule has 0 saturated carbocycles. The summed E-state index contributed by atoms with van der Waals surface area (Å²) in [6.07, 6.45) is 3.19. The molecule has 0 spiro atoms. The molecule has 2 heterocycles. The average Bonchev–Trinajstić information content (AvgIpc) is 2.37. The summed E-state index contributed by atoms with van der Waals surface area (Å²) in [5, 5.41) is 6.48. The minimum atomic E-state index is 0.124. The van der Waals surface area contributed by atoms with Crippen molar-refractivity contribution in [3.63, 3.8) is 0 Å². The van der Waals surface area contributed by atoms with E-state index in [2.05, 4.69) is 31.7 Å². The van der Waals surface area contributed by atoms with Crippen LogP contribution in [0.15, 0.2) is 11.6 Å². The summed E-state index contributed by atoms with van der Waals surface area (Å²) in [7, 11) is 1.49. The molecule has 1 aliphatic heterocycles. The Morgan fingerprint density at radius 2 is 2.35 bits per heavy atom. The number of halogens is 1. The van der Waals surface area contributed by atoms with Crippen LogP contribution in [0.4, 0.5) is 5.95 Å². The summed E-state index contributed by atoms with van der Waals surface area (Å²) in [5.74, 6) is 0.432. The van der Waals surface area contributed by atoms with Crippen molar-refractivity contribution in [2.45, 2.75) is 6.42 Å². The van der Waals surface area contributed by atoms with E-state index in [1.54, 1.807) is 0 Å². The van der Waals surface area contributed by atoms with E-state index in [9.17, 15) is 0 Å². The monoisotopic (exact) mass is 255 g/mol. The molecule has 92 valence electrons.